The molecule has 1 saturated heterocycles. The van der Waals surface area contributed by atoms with Crippen molar-refractivity contribution in [1.29, 1.82) is 0 Å². The number of rotatable bonds is 7. The van der Waals surface area contributed by atoms with Crippen molar-refractivity contribution < 1.29 is 9.90 Å². The summed E-state index contributed by atoms with van der Waals surface area (Å²) in [6.45, 7) is 6.01. The SMILES string of the molecule is CN1CCC(CN(C)CCCC(C)(N)C(=O)O)CC1. The number of aliphatic carboxylic acids is 1. The van der Waals surface area contributed by atoms with E-state index in [1.165, 1.54) is 25.9 Å². The molecular weight excluding hydrogens is 242 g/mol. The number of carbonyl (C=O) groups is 1. The first-order valence-corrected chi connectivity index (χ1v) is 7.20. The van der Waals surface area contributed by atoms with Crippen molar-refractivity contribution in [2.75, 3.05) is 40.3 Å². The molecule has 0 bridgehead atoms. The van der Waals surface area contributed by atoms with Crippen LogP contribution in [0.3, 0.4) is 0 Å². The molecule has 0 amide bonds. The second-order valence-electron chi connectivity index (χ2n) is 6.34. The van der Waals surface area contributed by atoms with Gasteiger partial charge >= 0.3 is 5.97 Å². The van der Waals surface area contributed by atoms with Crippen LogP contribution in [0.1, 0.15) is 32.6 Å². The molecule has 1 unspecified atom stereocenters. The number of likely N-dealkylation sites (tertiary alicyclic amines) is 1. The Morgan fingerprint density at radius 1 is 1.47 bits per heavy atom. The standard InChI is InChI=1S/C14H29N3O2/c1-14(15,13(18)19)7-4-8-17(3)11-12-5-9-16(2)10-6-12/h12H,4-11,15H2,1-3H3,(H,18,19). The monoisotopic (exact) mass is 271 g/mol. The van der Waals surface area contributed by atoms with Crippen molar-refractivity contribution in [2.45, 2.75) is 38.1 Å². The van der Waals surface area contributed by atoms with Crippen LogP contribution in [0.25, 0.3) is 0 Å². The average Bonchev–Trinajstić information content (AvgIpc) is 2.31. The van der Waals surface area contributed by atoms with Crippen LogP contribution in [0.2, 0.25) is 0 Å². The minimum Gasteiger partial charge on any atom is -0.480 e. The summed E-state index contributed by atoms with van der Waals surface area (Å²) in [6, 6.07) is 0. The van der Waals surface area contributed by atoms with E-state index in [2.05, 4.69) is 23.9 Å². The molecule has 0 spiro atoms. The zero-order valence-corrected chi connectivity index (χ0v) is 12.6. The van der Waals surface area contributed by atoms with E-state index >= 15 is 0 Å². The predicted molar refractivity (Wildman–Crippen MR) is 77.2 cm³/mol. The second kappa shape index (κ2) is 7.22. The Hall–Kier alpha value is -0.650. The minimum absolute atomic E-state index is 0.528. The van der Waals surface area contributed by atoms with Crippen LogP contribution in [-0.4, -0.2) is 66.7 Å². The van der Waals surface area contributed by atoms with Crippen LogP contribution >= 0.6 is 0 Å². The summed E-state index contributed by atoms with van der Waals surface area (Å²) in [5.74, 6) is -0.129. The van der Waals surface area contributed by atoms with E-state index in [0.29, 0.717) is 6.42 Å². The van der Waals surface area contributed by atoms with Crippen LogP contribution < -0.4 is 5.73 Å². The summed E-state index contributed by atoms with van der Waals surface area (Å²) >= 11 is 0. The number of hydrogen-bond acceptors (Lipinski definition) is 4. The molecule has 1 fully saturated rings. The zero-order valence-electron chi connectivity index (χ0n) is 12.6. The van der Waals surface area contributed by atoms with Crippen LogP contribution in [0.15, 0.2) is 0 Å². The summed E-state index contributed by atoms with van der Waals surface area (Å²) in [5.41, 5.74) is 4.63. The van der Waals surface area contributed by atoms with Gasteiger partial charge in [-0.15, -0.1) is 0 Å². The van der Waals surface area contributed by atoms with Gasteiger partial charge in [0.25, 0.3) is 0 Å². The highest BCUT2D eigenvalue weighted by molar-refractivity contribution is 5.77. The lowest BCUT2D eigenvalue weighted by Gasteiger charge is -2.32. The quantitative estimate of drug-likeness (QED) is 0.718. The largest absolute Gasteiger partial charge is 0.480 e. The highest BCUT2D eigenvalue weighted by Gasteiger charge is 2.27. The molecule has 1 aliphatic rings. The topological polar surface area (TPSA) is 69.8 Å². The number of nitrogens with two attached hydrogens (primary N) is 1. The van der Waals surface area contributed by atoms with Crippen LogP contribution in [-0.2, 0) is 4.79 Å². The Bertz CT molecular complexity index is 286. The fourth-order valence-electron chi connectivity index (χ4n) is 2.60. The molecule has 1 rings (SSSR count). The van der Waals surface area contributed by atoms with Crippen molar-refractivity contribution in [3.63, 3.8) is 0 Å². The van der Waals surface area contributed by atoms with Gasteiger partial charge in [0.1, 0.15) is 5.54 Å². The highest BCUT2D eigenvalue weighted by atomic mass is 16.4. The molecule has 19 heavy (non-hydrogen) atoms. The molecule has 0 aliphatic carbocycles. The summed E-state index contributed by atoms with van der Waals surface area (Å²) in [7, 11) is 4.29. The van der Waals surface area contributed by atoms with Gasteiger partial charge in [-0.25, -0.2) is 0 Å². The molecule has 5 heteroatoms. The first kappa shape index (κ1) is 16.4. The first-order chi connectivity index (χ1) is 8.81. The number of piperidine rings is 1. The third kappa shape index (κ3) is 5.89. The number of hydrogen-bond donors (Lipinski definition) is 2. The van der Waals surface area contributed by atoms with Gasteiger partial charge in [0.05, 0.1) is 0 Å². The molecule has 112 valence electrons. The maximum Gasteiger partial charge on any atom is 0.323 e. The Morgan fingerprint density at radius 2 is 2.05 bits per heavy atom. The molecule has 1 aliphatic heterocycles. The predicted octanol–water partition coefficient (Wildman–Crippen LogP) is 0.842. The third-order valence-electron chi connectivity index (χ3n) is 4.13. The smallest absolute Gasteiger partial charge is 0.323 e. The van der Waals surface area contributed by atoms with Crippen LogP contribution in [0, 0.1) is 5.92 Å². The lowest BCUT2D eigenvalue weighted by Crippen LogP contribution is -2.45. The lowest BCUT2D eigenvalue weighted by atomic mass is 9.95. The summed E-state index contributed by atoms with van der Waals surface area (Å²) in [4.78, 5) is 15.6. The van der Waals surface area contributed by atoms with E-state index in [1.54, 1.807) is 6.92 Å². The summed E-state index contributed by atoms with van der Waals surface area (Å²) < 4.78 is 0. The summed E-state index contributed by atoms with van der Waals surface area (Å²) in [5, 5.41) is 8.95. The zero-order chi connectivity index (χ0) is 14.5. The van der Waals surface area contributed by atoms with E-state index in [0.717, 1.165) is 25.4 Å². The van der Waals surface area contributed by atoms with Gasteiger partial charge in [-0.2, -0.15) is 0 Å². The van der Waals surface area contributed by atoms with E-state index < -0.39 is 11.5 Å². The molecule has 0 radical (unpaired) electrons. The van der Waals surface area contributed by atoms with Crippen molar-refractivity contribution in [3.8, 4) is 0 Å². The maximum absolute atomic E-state index is 10.9. The second-order valence-corrected chi connectivity index (χ2v) is 6.34. The van der Waals surface area contributed by atoms with Crippen LogP contribution in [0.4, 0.5) is 0 Å². The maximum atomic E-state index is 10.9. The third-order valence-corrected chi connectivity index (χ3v) is 4.13. The normalized spacial score (nSPS) is 21.5. The van der Waals surface area contributed by atoms with Crippen molar-refractivity contribution in [2.24, 2.45) is 11.7 Å². The van der Waals surface area contributed by atoms with Gasteiger partial charge < -0.3 is 20.6 Å². The van der Waals surface area contributed by atoms with Crippen molar-refractivity contribution in [1.82, 2.24) is 9.80 Å². The molecule has 1 atom stereocenters. The summed E-state index contributed by atoms with van der Waals surface area (Å²) in [6.07, 6.45) is 3.90. The van der Waals surface area contributed by atoms with Crippen molar-refractivity contribution in [3.05, 3.63) is 0 Å². The van der Waals surface area contributed by atoms with Gasteiger partial charge in [-0.3, -0.25) is 4.79 Å². The minimum atomic E-state index is -1.09. The van der Waals surface area contributed by atoms with Gasteiger partial charge in [0, 0.05) is 6.54 Å². The Morgan fingerprint density at radius 3 is 2.58 bits per heavy atom. The molecule has 3 N–H and O–H groups in total. The fourth-order valence-corrected chi connectivity index (χ4v) is 2.60. The van der Waals surface area contributed by atoms with Crippen LogP contribution in [0.5, 0.6) is 0 Å². The molecule has 0 saturated carbocycles. The molecule has 0 aromatic rings. The van der Waals surface area contributed by atoms with E-state index in [4.69, 9.17) is 10.8 Å². The van der Waals surface area contributed by atoms with Gasteiger partial charge in [-0.05, 0) is 72.3 Å². The number of carboxylic acid groups (broad SMARTS) is 1. The van der Waals surface area contributed by atoms with Gasteiger partial charge in [0.2, 0.25) is 0 Å². The van der Waals surface area contributed by atoms with Gasteiger partial charge in [0.15, 0.2) is 0 Å². The lowest BCUT2D eigenvalue weighted by molar-refractivity contribution is -0.142. The Labute approximate surface area is 116 Å². The molecule has 1 heterocycles. The highest BCUT2D eigenvalue weighted by Crippen LogP contribution is 2.17. The Balaban J connectivity index is 2.18. The molecule has 0 aromatic heterocycles. The molecule has 5 nitrogen and oxygen atoms in total. The van der Waals surface area contributed by atoms with E-state index in [9.17, 15) is 4.79 Å². The number of carboxylic acids is 1. The first-order valence-electron chi connectivity index (χ1n) is 7.20. The number of nitrogens with zero attached hydrogens (tertiary/aromatic N) is 2. The fraction of sp³-hybridized carbons (Fsp3) is 0.929. The van der Waals surface area contributed by atoms with Gasteiger partial charge in [-0.1, -0.05) is 0 Å². The molecular formula is C14H29N3O2. The van der Waals surface area contributed by atoms with E-state index in [-0.39, 0.29) is 0 Å². The van der Waals surface area contributed by atoms with E-state index in [1.807, 2.05) is 0 Å². The average molecular weight is 271 g/mol. The van der Waals surface area contributed by atoms with Crippen molar-refractivity contribution >= 4 is 5.97 Å². The molecule has 0 aromatic carbocycles. The Kier molecular flexibility index (Phi) is 6.23.